The van der Waals surface area contributed by atoms with Crippen molar-refractivity contribution in [3.63, 3.8) is 0 Å². The Kier molecular flexibility index (Phi) is 5.54. The second-order valence-corrected chi connectivity index (χ2v) is 8.19. The smallest absolute Gasteiger partial charge is 0.346 e. The van der Waals surface area contributed by atoms with Crippen LogP contribution in [0.1, 0.15) is 34.5 Å². The molecule has 0 spiro atoms. The molecule has 0 bridgehead atoms. The molecule has 2 aromatic heterocycles. The molecular formula is C25H17F4N5O2. The molecule has 0 radical (unpaired) electrons. The van der Waals surface area contributed by atoms with Gasteiger partial charge in [-0.3, -0.25) is 9.59 Å². The molecule has 1 amide bonds. The lowest BCUT2D eigenvalue weighted by Crippen LogP contribution is -2.26. The molecule has 0 fully saturated rings. The number of aromatic nitrogens is 4. The van der Waals surface area contributed by atoms with Crippen molar-refractivity contribution in [3.05, 3.63) is 99.6 Å². The molecule has 1 atom stereocenters. The Bertz CT molecular complexity index is 1670. The highest BCUT2D eigenvalue weighted by molar-refractivity contribution is 5.98. The van der Waals surface area contributed by atoms with E-state index in [0.29, 0.717) is 5.56 Å². The minimum Gasteiger partial charge on any atom is -0.346 e. The van der Waals surface area contributed by atoms with Gasteiger partial charge < -0.3 is 5.32 Å². The maximum atomic E-state index is 13.2. The highest BCUT2D eigenvalue weighted by Crippen LogP contribution is 2.32. The van der Waals surface area contributed by atoms with Crippen LogP contribution in [-0.4, -0.2) is 25.7 Å². The number of carbonyl (C=O) groups excluding carboxylic acids is 1. The standard InChI is InChI=1S/C25H17F4N5O2/c1-13(14-5-8-18(26)9-6-14)30-23(35)16-7-10-19-20(12-16)34-22(31-24(19)36)21(32-33-34)15-3-2-4-17(11-15)25(27,28)29/h2-13,33H,1H3,(H,30,35). The number of alkyl halides is 3. The fourth-order valence-electron chi connectivity index (χ4n) is 3.92. The number of carbonyl (C=O) groups is 1. The first-order valence-corrected chi connectivity index (χ1v) is 10.8. The first-order chi connectivity index (χ1) is 17.1. The summed E-state index contributed by atoms with van der Waals surface area (Å²) in [4.78, 5) is 29.6. The fraction of sp³-hybridized carbons (Fsp3) is 0.120. The number of benzene rings is 3. The van der Waals surface area contributed by atoms with E-state index in [1.54, 1.807) is 19.1 Å². The van der Waals surface area contributed by atoms with Gasteiger partial charge in [0, 0.05) is 11.1 Å². The van der Waals surface area contributed by atoms with E-state index >= 15 is 0 Å². The summed E-state index contributed by atoms with van der Waals surface area (Å²) < 4.78 is 54.1. The molecule has 0 saturated heterocycles. The maximum absolute atomic E-state index is 13.2. The quantitative estimate of drug-likeness (QED) is 0.348. The topological polar surface area (TPSA) is 92.2 Å². The zero-order valence-corrected chi connectivity index (χ0v) is 18.6. The average molecular weight is 495 g/mol. The van der Waals surface area contributed by atoms with Gasteiger partial charge in [0.1, 0.15) is 11.5 Å². The van der Waals surface area contributed by atoms with E-state index < -0.39 is 29.2 Å². The van der Waals surface area contributed by atoms with Gasteiger partial charge in [-0.15, -0.1) is 0 Å². The van der Waals surface area contributed by atoms with Crippen molar-refractivity contribution in [1.29, 1.82) is 0 Å². The molecule has 5 rings (SSSR count). The summed E-state index contributed by atoms with van der Waals surface area (Å²) in [5.41, 5.74) is -0.0814. The van der Waals surface area contributed by atoms with Crippen molar-refractivity contribution in [2.75, 3.05) is 0 Å². The summed E-state index contributed by atoms with van der Waals surface area (Å²) in [6, 6.07) is 14.2. The van der Waals surface area contributed by atoms with Gasteiger partial charge in [0.25, 0.3) is 11.5 Å². The Balaban J connectivity index is 1.55. The van der Waals surface area contributed by atoms with Gasteiger partial charge in [-0.25, -0.2) is 14.1 Å². The number of rotatable bonds is 4. The summed E-state index contributed by atoms with van der Waals surface area (Å²) in [7, 11) is 0. The van der Waals surface area contributed by atoms with Crippen molar-refractivity contribution < 1.29 is 22.4 Å². The monoisotopic (exact) mass is 495 g/mol. The molecule has 0 aliphatic rings. The van der Waals surface area contributed by atoms with Crippen LogP contribution in [0.4, 0.5) is 17.6 Å². The number of amides is 1. The number of fused-ring (bicyclic) bond motifs is 3. The normalized spacial score (nSPS) is 12.7. The molecule has 0 aliphatic heterocycles. The first kappa shape index (κ1) is 23.2. The van der Waals surface area contributed by atoms with E-state index in [9.17, 15) is 27.2 Å². The number of halogens is 4. The molecular weight excluding hydrogens is 478 g/mol. The Morgan fingerprint density at radius 2 is 1.81 bits per heavy atom. The molecule has 182 valence electrons. The van der Waals surface area contributed by atoms with Gasteiger partial charge in [0.05, 0.1) is 22.5 Å². The van der Waals surface area contributed by atoms with Crippen molar-refractivity contribution in [1.82, 2.24) is 25.1 Å². The average Bonchev–Trinajstić information content (AvgIpc) is 3.27. The molecule has 1 unspecified atom stereocenters. The molecule has 7 nitrogen and oxygen atoms in total. The van der Waals surface area contributed by atoms with Crippen LogP contribution in [0.25, 0.3) is 27.8 Å². The van der Waals surface area contributed by atoms with Crippen LogP contribution in [0.2, 0.25) is 0 Å². The Hall–Kier alpha value is -4.54. The summed E-state index contributed by atoms with van der Waals surface area (Å²) >= 11 is 0. The third-order valence-electron chi connectivity index (χ3n) is 5.81. The molecule has 0 saturated carbocycles. The minimum atomic E-state index is -4.55. The molecule has 2 heterocycles. The van der Waals surface area contributed by atoms with Crippen LogP contribution >= 0.6 is 0 Å². The maximum Gasteiger partial charge on any atom is 0.416 e. The van der Waals surface area contributed by atoms with Crippen molar-refractivity contribution in [3.8, 4) is 11.3 Å². The second kappa shape index (κ2) is 8.59. The predicted octanol–water partition coefficient (Wildman–Crippen LogP) is 4.89. The van der Waals surface area contributed by atoms with Gasteiger partial charge in [0.2, 0.25) is 0 Å². The van der Waals surface area contributed by atoms with Gasteiger partial charge >= 0.3 is 6.18 Å². The molecule has 3 aromatic carbocycles. The van der Waals surface area contributed by atoms with E-state index in [0.717, 1.165) is 12.1 Å². The van der Waals surface area contributed by atoms with Crippen LogP contribution < -0.4 is 10.9 Å². The lowest BCUT2D eigenvalue weighted by molar-refractivity contribution is -0.137. The third kappa shape index (κ3) is 4.19. The minimum absolute atomic E-state index is 0.0177. The Labute approximate surface area is 200 Å². The second-order valence-electron chi connectivity index (χ2n) is 8.19. The number of H-pyrrole nitrogens is 1. The van der Waals surface area contributed by atoms with E-state index in [2.05, 4.69) is 20.6 Å². The van der Waals surface area contributed by atoms with Gasteiger partial charge in [-0.2, -0.15) is 23.3 Å². The summed E-state index contributed by atoms with van der Waals surface area (Å²) in [6.45, 7) is 1.75. The number of hydrogen-bond donors (Lipinski definition) is 2. The summed E-state index contributed by atoms with van der Waals surface area (Å²) in [5, 5.41) is 9.76. The van der Waals surface area contributed by atoms with E-state index in [1.807, 2.05) is 0 Å². The third-order valence-corrected chi connectivity index (χ3v) is 5.81. The number of nitrogens with zero attached hydrogens (tertiary/aromatic N) is 3. The first-order valence-electron chi connectivity index (χ1n) is 10.8. The van der Waals surface area contributed by atoms with E-state index in [-0.39, 0.29) is 39.2 Å². The summed E-state index contributed by atoms with van der Waals surface area (Å²) in [5.74, 6) is -0.830. The zero-order chi connectivity index (χ0) is 25.6. The molecule has 2 N–H and O–H groups in total. The van der Waals surface area contributed by atoms with Gasteiger partial charge in [-0.1, -0.05) is 24.3 Å². The van der Waals surface area contributed by atoms with E-state index in [4.69, 9.17) is 0 Å². The molecule has 11 heteroatoms. The van der Waals surface area contributed by atoms with Crippen molar-refractivity contribution in [2.24, 2.45) is 0 Å². The largest absolute Gasteiger partial charge is 0.416 e. The number of nitrogens with one attached hydrogen (secondary N) is 2. The SMILES string of the molecule is CC(NC(=O)c1ccc2c(=O)nc3c(-c4cccc(C(F)(F)F)c4)n[nH]n3c2c1)c1ccc(F)cc1. The Morgan fingerprint density at radius 3 is 2.53 bits per heavy atom. The van der Waals surface area contributed by atoms with Crippen LogP contribution in [-0.2, 0) is 6.18 Å². The van der Waals surface area contributed by atoms with Gasteiger partial charge in [-0.05, 0) is 55.0 Å². The van der Waals surface area contributed by atoms with Crippen LogP contribution in [0.3, 0.4) is 0 Å². The lowest BCUT2D eigenvalue weighted by Gasteiger charge is -2.14. The summed E-state index contributed by atoms with van der Waals surface area (Å²) in [6.07, 6.45) is -4.55. The number of hydrogen-bond acceptors (Lipinski definition) is 4. The van der Waals surface area contributed by atoms with Crippen LogP contribution in [0.5, 0.6) is 0 Å². The predicted molar refractivity (Wildman–Crippen MR) is 124 cm³/mol. The highest BCUT2D eigenvalue weighted by atomic mass is 19.4. The van der Waals surface area contributed by atoms with Crippen LogP contribution in [0, 0.1) is 5.82 Å². The van der Waals surface area contributed by atoms with E-state index in [1.165, 1.54) is 47.0 Å². The molecule has 0 aliphatic carbocycles. The number of aromatic amines is 1. The fourth-order valence-corrected chi connectivity index (χ4v) is 3.92. The van der Waals surface area contributed by atoms with Crippen molar-refractivity contribution >= 4 is 22.5 Å². The zero-order valence-electron chi connectivity index (χ0n) is 18.6. The molecule has 36 heavy (non-hydrogen) atoms. The van der Waals surface area contributed by atoms with Gasteiger partial charge in [0.15, 0.2) is 5.65 Å². The highest BCUT2D eigenvalue weighted by Gasteiger charge is 2.31. The lowest BCUT2D eigenvalue weighted by atomic mass is 10.1. The van der Waals surface area contributed by atoms with Crippen LogP contribution in [0.15, 0.2) is 71.5 Å². The Morgan fingerprint density at radius 1 is 1.06 bits per heavy atom. The molecule has 5 aromatic rings. The van der Waals surface area contributed by atoms with Crippen molar-refractivity contribution in [2.45, 2.75) is 19.1 Å².